The van der Waals surface area contributed by atoms with Gasteiger partial charge in [-0.2, -0.15) is 5.10 Å². The van der Waals surface area contributed by atoms with Crippen LogP contribution in [-0.2, 0) is 26.4 Å². The average Bonchev–Trinajstić information content (AvgIpc) is 3.10. The maximum absolute atomic E-state index is 13.9. The number of hydrogen-bond acceptors (Lipinski definition) is 4. The number of benzene rings is 1. The van der Waals surface area contributed by atoms with Crippen molar-refractivity contribution >= 4 is 5.91 Å². The number of aromatic nitrogens is 2. The summed E-state index contributed by atoms with van der Waals surface area (Å²) in [5.41, 5.74) is 3.21. The Kier molecular flexibility index (Phi) is 6.49. The summed E-state index contributed by atoms with van der Waals surface area (Å²) >= 11 is 0. The minimum Gasteiger partial charge on any atom is -0.346 e. The lowest BCUT2D eigenvalue weighted by Crippen LogP contribution is -2.51. The summed E-state index contributed by atoms with van der Waals surface area (Å²) in [4.78, 5) is 18.0. The minimum atomic E-state index is -0.303. The zero-order valence-electron chi connectivity index (χ0n) is 18.0. The molecule has 0 saturated carbocycles. The molecule has 0 bridgehead atoms. The highest BCUT2D eigenvalue weighted by Crippen LogP contribution is 2.28. The van der Waals surface area contributed by atoms with Crippen molar-refractivity contribution < 1.29 is 9.18 Å². The number of halogens is 1. The molecule has 1 saturated heterocycles. The molecule has 1 aromatic heterocycles. The van der Waals surface area contributed by atoms with E-state index in [0.717, 1.165) is 56.7 Å². The monoisotopic (exact) mass is 413 g/mol. The van der Waals surface area contributed by atoms with E-state index in [9.17, 15) is 9.18 Å². The molecule has 1 N–H and O–H groups in total. The lowest BCUT2D eigenvalue weighted by Gasteiger charge is -2.40. The molecule has 0 radical (unpaired) electrons. The van der Waals surface area contributed by atoms with Crippen LogP contribution in [0.4, 0.5) is 4.39 Å². The lowest BCUT2D eigenvalue weighted by atomic mass is 9.89. The number of nitrogens with one attached hydrogen (secondary N) is 1. The van der Waals surface area contributed by atoms with Gasteiger partial charge < -0.3 is 10.2 Å². The van der Waals surface area contributed by atoms with Gasteiger partial charge in [-0.1, -0.05) is 25.1 Å². The van der Waals surface area contributed by atoms with E-state index in [1.165, 1.54) is 19.0 Å². The van der Waals surface area contributed by atoms with Gasteiger partial charge in [0.25, 0.3) is 5.91 Å². The van der Waals surface area contributed by atoms with Crippen LogP contribution >= 0.6 is 0 Å². The first-order valence-electron chi connectivity index (χ1n) is 11.1. The second-order valence-corrected chi connectivity index (χ2v) is 8.45. The zero-order valence-corrected chi connectivity index (χ0v) is 18.0. The SMILES string of the molecule is CCCN1CCN(C2CCc3c(c(C(=O)NCc4ccccc4F)nn3C)C2)CC1. The fraction of sp³-hybridized carbons (Fsp3) is 0.565. The second-order valence-electron chi connectivity index (χ2n) is 8.45. The summed E-state index contributed by atoms with van der Waals surface area (Å²) in [6.07, 6.45) is 4.11. The Morgan fingerprint density at radius 2 is 2.00 bits per heavy atom. The lowest BCUT2D eigenvalue weighted by molar-refractivity contribution is 0.0884. The van der Waals surface area contributed by atoms with Crippen molar-refractivity contribution in [3.63, 3.8) is 0 Å². The fourth-order valence-electron chi connectivity index (χ4n) is 4.83. The van der Waals surface area contributed by atoms with Crippen LogP contribution in [0.15, 0.2) is 24.3 Å². The summed E-state index contributed by atoms with van der Waals surface area (Å²) in [7, 11) is 1.91. The summed E-state index contributed by atoms with van der Waals surface area (Å²) in [6, 6.07) is 6.99. The molecule has 6 nitrogen and oxygen atoms in total. The van der Waals surface area contributed by atoms with Gasteiger partial charge in [0.05, 0.1) is 0 Å². The molecule has 1 unspecified atom stereocenters. The zero-order chi connectivity index (χ0) is 21.1. The predicted molar refractivity (Wildman–Crippen MR) is 115 cm³/mol. The van der Waals surface area contributed by atoms with Gasteiger partial charge in [-0.15, -0.1) is 0 Å². The van der Waals surface area contributed by atoms with Crippen molar-refractivity contribution in [1.29, 1.82) is 0 Å². The van der Waals surface area contributed by atoms with Crippen molar-refractivity contribution in [2.75, 3.05) is 32.7 Å². The van der Waals surface area contributed by atoms with Crippen LogP contribution in [0, 0.1) is 5.82 Å². The van der Waals surface area contributed by atoms with E-state index >= 15 is 0 Å². The van der Waals surface area contributed by atoms with Crippen molar-refractivity contribution in [3.8, 4) is 0 Å². The van der Waals surface area contributed by atoms with E-state index in [1.807, 2.05) is 11.7 Å². The number of piperazine rings is 1. The van der Waals surface area contributed by atoms with Gasteiger partial charge in [0, 0.05) is 62.6 Å². The van der Waals surface area contributed by atoms with Crippen molar-refractivity contribution in [2.24, 2.45) is 7.05 Å². The van der Waals surface area contributed by atoms with Gasteiger partial charge in [0.2, 0.25) is 0 Å². The van der Waals surface area contributed by atoms with Crippen LogP contribution < -0.4 is 5.32 Å². The van der Waals surface area contributed by atoms with Crippen molar-refractivity contribution in [2.45, 2.75) is 45.2 Å². The van der Waals surface area contributed by atoms with Gasteiger partial charge >= 0.3 is 0 Å². The maximum atomic E-state index is 13.9. The number of rotatable bonds is 6. The number of fused-ring (bicyclic) bond motifs is 1. The van der Waals surface area contributed by atoms with Gasteiger partial charge in [-0.3, -0.25) is 14.4 Å². The van der Waals surface area contributed by atoms with Crippen LogP contribution in [0.1, 0.15) is 47.1 Å². The number of carbonyl (C=O) groups is 1. The molecule has 2 heterocycles. The first-order chi connectivity index (χ1) is 14.6. The smallest absolute Gasteiger partial charge is 0.272 e. The standard InChI is InChI=1S/C23H32FN5O/c1-3-10-28-11-13-29(14-12-28)18-8-9-21-19(15-18)22(26-27(21)2)23(30)25-16-17-6-4-5-7-20(17)24/h4-7,18H,3,8-16H2,1-2H3,(H,25,30). The van der Waals surface area contributed by atoms with E-state index in [0.29, 0.717) is 17.3 Å². The molecule has 1 atom stereocenters. The van der Waals surface area contributed by atoms with Gasteiger partial charge in [0.1, 0.15) is 5.82 Å². The Balaban J connectivity index is 1.43. The Bertz CT molecular complexity index is 888. The Labute approximate surface area is 178 Å². The topological polar surface area (TPSA) is 53.4 Å². The van der Waals surface area contributed by atoms with Crippen molar-refractivity contribution in [3.05, 3.63) is 52.6 Å². The molecule has 1 amide bonds. The van der Waals surface area contributed by atoms with E-state index in [4.69, 9.17) is 0 Å². The number of hydrogen-bond donors (Lipinski definition) is 1. The first-order valence-corrected chi connectivity index (χ1v) is 11.1. The minimum absolute atomic E-state index is 0.166. The molecule has 2 aliphatic rings. The third kappa shape index (κ3) is 4.42. The highest BCUT2D eigenvalue weighted by molar-refractivity contribution is 5.94. The van der Waals surface area contributed by atoms with Crippen LogP contribution in [0.3, 0.4) is 0 Å². The molecule has 2 aromatic rings. The predicted octanol–water partition coefficient (Wildman–Crippen LogP) is 2.37. The van der Waals surface area contributed by atoms with Crippen LogP contribution in [0.25, 0.3) is 0 Å². The average molecular weight is 414 g/mol. The van der Waals surface area contributed by atoms with E-state index in [1.54, 1.807) is 18.2 Å². The Morgan fingerprint density at radius 3 is 2.73 bits per heavy atom. The summed E-state index contributed by atoms with van der Waals surface area (Å²) in [6.45, 7) is 8.01. The van der Waals surface area contributed by atoms with Crippen LogP contribution in [0.5, 0.6) is 0 Å². The molecule has 30 heavy (non-hydrogen) atoms. The fourth-order valence-corrected chi connectivity index (χ4v) is 4.83. The van der Waals surface area contributed by atoms with Crippen LogP contribution in [-0.4, -0.2) is 64.3 Å². The third-order valence-electron chi connectivity index (χ3n) is 6.50. The number of amides is 1. The normalized spacial score (nSPS) is 20.2. The highest BCUT2D eigenvalue weighted by atomic mass is 19.1. The Morgan fingerprint density at radius 1 is 1.23 bits per heavy atom. The molecule has 4 rings (SSSR count). The third-order valence-corrected chi connectivity index (χ3v) is 6.50. The molecule has 1 aromatic carbocycles. The molecular formula is C23H32FN5O. The molecule has 162 valence electrons. The van der Waals surface area contributed by atoms with E-state index < -0.39 is 0 Å². The first kappa shape index (κ1) is 21.0. The molecule has 1 fully saturated rings. The molecule has 1 aliphatic heterocycles. The summed E-state index contributed by atoms with van der Waals surface area (Å²) in [5.74, 6) is -0.522. The highest BCUT2D eigenvalue weighted by Gasteiger charge is 2.32. The molecule has 1 aliphatic carbocycles. The number of carbonyl (C=O) groups excluding carboxylic acids is 1. The second kappa shape index (κ2) is 9.27. The molecule has 0 spiro atoms. The summed E-state index contributed by atoms with van der Waals surface area (Å²) < 4.78 is 15.7. The van der Waals surface area contributed by atoms with E-state index in [2.05, 4.69) is 27.1 Å². The van der Waals surface area contributed by atoms with Gasteiger partial charge in [-0.25, -0.2) is 4.39 Å². The van der Waals surface area contributed by atoms with Crippen molar-refractivity contribution in [1.82, 2.24) is 24.9 Å². The summed E-state index contributed by atoms with van der Waals surface area (Å²) in [5, 5.41) is 7.39. The maximum Gasteiger partial charge on any atom is 0.272 e. The Hall–Kier alpha value is -2.25. The van der Waals surface area contributed by atoms with E-state index in [-0.39, 0.29) is 18.3 Å². The van der Waals surface area contributed by atoms with Gasteiger partial charge in [-0.05, 0) is 38.3 Å². The van der Waals surface area contributed by atoms with Gasteiger partial charge in [0.15, 0.2) is 5.69 Å². The molecule has 7 heteroatoms. The largest absolute Gasteiger partial charge is 0.346 e. The number of aryl methyl sites for hydroxylation is 1. The van der Waals surface area contributed by atoms with Crippen LogP contribution in [0.2, 0.25) is 0 Å². The quantitative estimate of drug-likeness (QED) is 0.790. The molecular weight excluding hydrogens is 381 g/mol. The number of nitrogens with zero attached hydrogens (tertiary/aromatic N) is 4.